The van der Waals surface area contributed by atoms with Crippen molar-refractivity contribution in [2.75, 3.05) is 0 Å². The van der Waals surface area contributed by atoms with E-state index in [-0.39, 0.29) is 5.91 Å². The number of carboxylic acids is 1. The summed E-state index contributed by atoms with van der Waals surface area (Å²) in [7, 11) is 0. The smallest absolute Gasteiger partial charge is 0.307 e. The van der Waals surface area contributed by atoms with Crippen LogP contribution in [0.15, 0.2) is 24.5 Å². The minimum absolute atomic E-state index is 0.191. The molecule has 2 atom stereocenters. The molecule has 18 heavy (non-hydrogen) atoms. The average Bonchev–Trinajstić information content (AvgIpc) is 2.91. The molecule has 1 saturated carbocycles. The van der Waals surface area contributed by atoms with Crippen LogP contribution in [-0.4, -0.2) is 22.0 Å². The maximum atomic E-state index is 11.9. The van der Waals surface area contributed by atoms with Gasteiger partial charge in [0.25, 0.3) is 0 Å². The molecule has 0 aliphatic heterocycles. The van der Waals surface area contributed by atoms with E-state index >= 15 is 0 Å². The quantitative estimate of drug-likeness (QED) is 0.834. The fourth-order valence-corrected chi connectivity index (χ4v) is 2.39. The minimum Gasteiger partial charge on any atom is -0.481 e. The zero-order valence-electron chi connectivity index (χ0n) is 10.4. The Morgan fingerprint density at radius 2 is 1.94 bits per heavy atom. The molecule has 0 saturated heterocycles. The Hall–Kier alpha value is -1.91. The van der Waals surface area contributed by atoms with Gasteiger partial charge in [-0.3, -0.25) is 14.6 Å². The van der Waals surface area contributed by atoms with Crippen molar-refractivity contribution in [3.05, 3.63) is 30.1 Å². The van der Waals surface area contributed by atoms with Crippen LogP contribution in [0.1, 0.15) is 19.4 Å². The van der Waals surface area contributed by atoms with Crippen LogP contribution in [0.4, 0.5) is 0 Å². The molecule has 0 bridgehead atoms. The maximum absolute atomic E-state index is 11.9. The molecule has 5 nitrogen and oxygen atoms in total. The van der Waals surface area contributed by atoms with E-state index in [1.54, 1.807) is 12.4 Å². The predicted octanol–water partition coefficient (Wildman–Crippen LogP) is 1.05. The molecule has 1 aliphatic rings. The van der Waals surface area contributed by atoms with Gasteiger partial charge in [0.1, 0.15) is 0 Å². The van der Waals surface area contributed by atoms with E-state index in [9.17, 15) is 9.59 Å². The third-order valence-corrected chi connectivity index (χ3v) is 3.59. The Bertz CT molecular complexity index is 470. The number of rotatable bonds is 4. The summed E-state index contributed by atoms with van der Waals surface area (Å²) in [4.78, 5) is 26.8. The summed E-state index contributed by atoms with van der Waals surface area (Å²) in [5.74, 6) is -2.10. The highest BCUT2D eigenvalue weighted by Gasteiger charge is 2.65. The standard InChI is InChI=1S/C13H16N2O3/c1-13(2)9(10(13)12(17)18)11(16)15-7-8-3-5-14-6-4-8/h3-6,9-10H,7H2,1-2H3,(H,15,16)(H,17,18)/t9-,10-/m1/s1. The maximum Gasteiger partial charge on any atom is 0.307 e. The highest BCUT2D eigenvalue weighted by atomic mass is 16.4. The highest BCUT2D eigenvalue weighted by molar-refractivity contribution is 5.91. The molecule has 5 heteroatoms. The molecule has 2 rings (SSSR count). The van der Waals surface area contributed by atoms with Crippen LogP contribution < -0.4 is 5.32 Å². The Morgan fingerprint density at radius 3 is 2.44 bits per heavy atom. The van der Waals surface area contributed by atoms with Gasteiger partial charge in [-0.2, -0.15) is 0 Å². The van der Waals surface area contributed by atoms with Crippen molar-refractivity contribution in [2.24, 2.45) is 17.3 Å². The Morgan fingerprint density at radius 1 is 1.33 bits per heavy atom. The molecule has 0 aromatic carbocycles. The molecule has 1 aromatic rings. The van der Waals surface area contributed by atoms with E-state index in [1.807, 2.05) is 26.0 Å². The van der Waals surface area contributed by atoms with Crippen molar-refractivity contribution < 1.29 is 14.7 Å². The minimum atomic E-state index is -0.899. The van der Waals surface area contributed by atoms with Crippen LogP contribution >= 0.6 is 0 Å². The summed E-state index contributed by atoms with van der Waals surface area (Å²) in [6.07, 6.45) is 3.31. The first-order valence-corrected chi connectivity index (χ1v) is 5.84. The predicted molar refractivity (Wildman–Crippen MR) is 64.5 cm³/mol. The third kappa shape index (κ3) is 2.20. The molecule has 1 fully saturated rings. The summed E-state index contributed by atoms with van der Waals surface area (Å²) in [6, 6.07) is 3.62. The van der Waals surface area contributed by atoms with E-state index in [0.717, 1.165) is 5.56 Å². The molecule has 1 amide bonds. The van der Waals surface area contributed by atoms with Crippen LogP contribution in [0.5, 0.6) is 0 Å². The van der Waals surface area contributed by atoms with Gasteiger partial charge in [0.15, 0.2) is 0 Å². The number of carbonyl (C=O) groups is 2. The lowest BCUT2D eigenvalue weighted by molar-refractivity contribution is -0.140. The van der Waals surface area contributed by atoms with E-state index in [2.05, 4.69) is 10.3 Å². The van der Waals surface area contributed by atoms with Crippen LogP contribution in [0.2, 0.25) is 0 Å². The molecule has 0 spiro atoms. The van der Waals surface area contributed by atoms with Crippen molar-refractivity contribution in [2.45, 2.75) is 20.4 Å². The SMILES string of the molecule is CC1(C)[C@@H](C(=O)O)[C@@H]1C(=O)NCc1ccncc1. The van der Waals surface area contributed by atoms with Crippen LogP contribution in [-0.2, 0) is 16.1 Å². The van der Waals surface area contributed by atoms with Crippen molar-refractivity contribution in [1.29, 1.82) is 0 Å². The van der Waals surface area contributed by atoms with Crippen LogP contribution in [0.3, 0.4) is 0 Å². The third-order valence-electron chi connectivity index (χ3n) is 3.59. The molecule has 0 radical (unpaired) electrons. The van der Waals surface area contributed by atoms with Crippen molar-refractivity contribution in [3.8, 4) is 0 Å². The molecule has 1 heterocycles. The molecular weight excluding hydrogens is 232 g/mol. The number of carboxylic acid groups (broad SMARTS) is 1. The van der Waals surface area contributed by atoms with E-state index in [0.29, 0.717) is 6.54 Å². The molecule has 1 aliphatic carbocycles. The second-order valence-corrected chi connectivity index (χ2v) is 5.19. The largest absolute Gasteiger partial charge is 0.481 e. The lowest BCUT2D eigenvalue weighted by Crippen LogP contribution is -2.26. The number of pyridine rings is 1. The second kappa shape index (κ2) is 4.40. The number of aromatic nitrogens is 1. The molecule has 96 valence electrons. The lowest BCUT2D eigenvalue weighted by atomic mass is 10.1. The number of nitrogens with zero attached hydrogens (tertiary/aromatic N) is 1. The van der Waals surface area contributed by atoms with Gasteiger partial charge in [0.05, 0.1) is 11.8 Å². The Kier molecular flexibility index (Phi) is 3.07. The van der Waals surface area contributed by atoms with Crippen molar-refractivity contribution in [3.63, 3.8) is 0 Å². The Labute approximate surface area is 105 Å². The van der Waals surface area contributed by atoms with E-state index < -0.39 is 23.2 Å². The van der Waals surface area contributed by atoms with Gasteiger partial charge in [0, 0.05) is 18.9 Å². The lowest BCUT2D eigenvalue weighted by Gasteiger charge is -2.05. The highest BCUT2D eigenvalue weighted by Crippen LogP contribution is 2.58. The van der Waals surface area contributed by atoms with Crippen molar-refractivity contribution in [1.82, 2.24) is 10.3 Å². The van der Waals surface area contributed by atoms with Gasteiger partial charge in [0.2, 0.25) is 5.91 Å². The Balaban J connectivity index is 1.93. The van der Waals surface area contributed by atoms with E-state index in [4.69, 9.17) is 5.11 Å². The number of hydrogen-bond acceptors (Lipinski definition) is 3. The van der Waals surface area contributed by atoms with Gasteiger partial charge in [-0.05, 0) is 23.1 Å². The fraction of sp³-hybridized carbons (Fsp3) is 0.462. The number of hydrogen-bond donors (Lipinski definition) is 2. The average molecular weight is 248 g/mol. The normalized spacial score (nSPS) is 24.3. The van der Waals surface area contributed by atoms with Gasteiger partial charge in [-0.15, -0.1) is 0 Å². The summed E-state index contributed by atoms with van der Waals surface area (Å²) in [5.41, 5.74) is 0.498. The molecule has 2 N–H and O–H groups in total. The van der Waals surface area contributed by atoms with E-state index in [1.165, 1.54) is 0 Å². The first-order valence-electron chi connectivity index (χ1n) is 5.84. The number of nitrogens with one attached hydrogen (secondary N) is 1. The zero-order valence-corrected chi connectivity index (χ0v) is 10.4. The van der Waals surface area contributed by atoms with Gasteiger partial charge >= 0.3 is 5.97 Å². The van der Waals surface area contributed by atoms with Gasteiger partial charge < -0.3 is 10.4 Å². The van der Waals surface area contributed by atoms with Crippen molar-refractivity contribution >= 4 is 11.9 Å². The first kappa shape index (κ1) is 12.5. The van der Waals surface area contributed by atoms with Gasteiger partial charge in [-0.25, -0.2) is 0 Å². The molecule has 0 unspecified atom stereocenters. The summed E-state index contributed by atoms with van der Waals surface area (Å²) in [5, 5.41) is 11.8. The van der Waals surface area contributed by atoms with Crippen LogP contribution in [0.25, 0.3) is 0 Å². The summed E-state index contributed by atoms with van der Waals surface area (Å²) in [6.45, 7) is 4.02. The monoisotopic (exact) mass is 248 g/mol. The summed E-state index contributed by atoms with van der Waals surface area (Å²) < 4.78 is 0. The first-order chi connectivity index (χ1) is 8.44. The molecular formula is C13H16N2O3. The second-order valence-electron chi connectivity index (χ2n) is 5.19. The number of amides is 1. The molecule has 1 aromatic heterocycles. The van der Waals surface area contributed by atoms with Crippen LogP contribution in [0, 0.1) is 17.3 Å². The number of carbonyl (C=O) groups excluding carboxylic acids is 1. The van der Waals surface area contributed by atoms with Gasteiger partial charge in [-0.1, -0.05) is 13.8 Å². The topological polar surface area (TPSA) is 79.3 Å². The fourth-order valence-electron chi connectivity index (χ4n) is 2.39. The number of aliphatic carboxylic acids is 1. The summed E-state index contributed by atoms with van der Waals surface area (Å²) >= 11 is 0. The zero-order chi connectivity index (χ0) is 13.3.